The van der Waals surface area contributed by atoms with E-state index >= 15 is 0 Å². The summed E-state index contributed by atoms with van der Waals surface area (Å²) in [5.74, 6) is 0. The summed E-state index contributed by atoms with van der Waals surface area (Å²) >= 11 is 1.87. The maximum atomic E-state index is 6.54. The number of nitrogens with two attached hydrogens (primary N) is 1. The number of benzene rings is 1. The van der Waals surface area contributed by atoms with Crippen LogP contribution in [0.3, 0.4) is 0 Å². The van der Waals surface area contributed by atoms with Gasteiger partial charge in [0.25, 0.3) is 0 Å². The van der Waals surface area contributed by atoms with E-state index in [0.717, 1.165) is 18.5 Å². The lowest BCUT2D eigenvalue weighted by Crippen LogP contribution is -2.23. The number of rotatable bonds is 2. The molecule has 0 bridgehead atoms. The first-order valence-corrected chi connectivity index (χ1v) is 8.04. The van der Waals surface area contributed by atoms with Gasteiger partial charge in [-0.1, -0.05) is 24.3 Å². The summed E-state index contributed by atoms with van der Waals surface area (Å²) in [4.78, 5) is 0. The number of fused-ring (bicyclic) bond motifs is 1. The van der Waals surface area contributed by atoms with Gasteiger partial charge in [-0.2, -0.15) is 5.10 Å². The van der Waals surface area contributed by atoms with Gasteiger partial charge in [0.1, 0.15) is 0 Å². The van der Waals surface area contributed by atoms with Gasteiger partial charge in [0.2, 0.25) is 0 Å². The summed E-state index contributed by atoms with van der Waals surface area (Å²) in [6.07, 6.45) is 3.51. The molecule has 3 nitrogen and oxygen atoms in total. The SMILES string of the molecule is Cc1cc(SC2CCCc3ccccc3C2N)n(C)n1. The molecule has 0 saturated carbocycles. The Labute approximate surface area is 124 Å². The van der Waals surface area contributed by atoms with Crippen LogP contribution >= 0.6 is 11.8 Å². The minimum atomic E-state index is 0.105. The van der Waals surface area contributed by atoms with Crippen LogP contribution in [0, 0.1) is 6.92 Å². The number of thioether (sulfide) groups is 1. The number of hydrogen-bond donors (Lipinski definition) is 1. The monoisotopic (exact) mass is 287 g/mol. The van der Waals surface area contributed by atoms with E-state index in [2.05, 4.69) is 35.4 Å². The van der Waals surface area contributed by atoms with Crippen LogP contribution in [0.15, 0.2) is 35.4 Å². The zero-order valence-corrected chi connectivity index (χ0v) is 12.9. The number of aryl methyl sites for hydroxylation is 3. The van der Waals surface area contributed by atoms with E-state index in [0.29, 0.717) is 5.25 Å². The molecule has 2 aromatic rings. The molecule has 20 heavy (non-hydrogen) atoms. The summed E-state index contributed by atoms with van der Waals surface area (Å²) in [5, 5.41) is 6.06. The Hall–Kier alpha value is -1.26. The van der Waals surface area contributed by atoms with Gasteiger partial charge in [0, 0.05) is 18.3 Å². The Kier molecular flexibility index (Phi) is 3.85. The summed E-state index contributed by atoms with van der Waals surface area (Å²) in [7, 11) is 2.01. The van der Waals surface area contributed by atoms with Crippen molar-refractivity contribution in [2.45, 2.75) is 42.5 Å². The van der Waals surface area contributed by atoms with E-state index in [1.165, 1.54) is 22.6 Å². The van der Waals surface area contributed by atoms with E-state index in [9.17, 15) is 0 Å². The Morgan fingerprint density at radius 2 is 2.15 bits per heavy atom. The highest BCUT2D eigenvalue weighted by Crippen LogP contribution is 2.37. The minimum absolute atomic E-state index is 0.105. The highest BCUT2D eigenvalue weighted by atomic mass is 32.2. The van der Waals surface area contributed by atoms with Crippen molar-refractivity contribution in [1.82, 2.24) is 9.78 Å². The number of nitrogens with zero attached hydrogens (tertiary/aromatic N) is 2. The van der Waals surface area contributed by atoms with Gasteiger partial charge in [-0.25, -0.2) is 0 Å². The van der Waals surface area contributed by atoms with Crippen LogP contribution in [0.25, 0.3) is 0 Å². The molecule has 0 spiro atoms. The molecule has 106 valence electrons. The lowest BCUT2D eigenvalue weighted by Gasteiger charge is -2.22. The maximum absolute atomic E-state index is 6.54. The summed E-state index contributed by atoms with van der Waals surface area (Å²) in [6.45, 7) is 2.03. The first-order valence-electron chi connectivity index (χ1n) is 7.16. The van der Waals surface area contributed by atoms with Gasteiger partial charge in [-0.05, 0) is 43.4 Å². The number of aromatic nitrogens is 2. The van der Waals surface area contributed by atoms with E-state index in [1.807, 2.05) is 30.4 Å². The van der Waals surface area contributed by atoms with E-state index in [4.69, 9.17) is 5.73 Å². The normalized spacial score (nSPS) is 22.4. The Morgan fingerprint density at radius 3 is 2.90 bits per heavy atom. The predicted molar refractivity (Wildman–Crippen MR) is 83.9 cm³/mol. The molecule has 1 aromatic carbocycles. The van der Waals surface area contributed by atoms with Crippen molar-refractivity contribution in [3.05, 3.63) is 47.2 Å². The van der Waals surface area contributed by atoms with Crippen LogP contribution in [0.1, 0.15) is 35.7 Å². The predicted octanol–water partition coefficient (Wildman–Crippen LogP) is 3.23. The van der Waals surface area contributed by atoms with Gasteiger partial charge in [0.15, 0.2) is 0 Å². The molecule has 2 atom stereocenters. The van der Waals surface area contributed by atoms with Crippen LogP contribution in [0.2, 0.25) is 0 Å². The molecular formula is C16H21N3S. The van der Waals surface area contributed by atoms with E-state index in [1.54, 1.807) is 0 Å². The minimum Gasteiger partial charge on any atom is -0.323 e. The maximum Gasteiger partial charge on any atom is 0.0942 e. The zero-order chi connectivity index (χ0) is 14.1. The molecular weight excluding hydrogens is 266 g/mol. The highest BCUT2D eigenvalue weighted by molar-refractivity contribution is 7.99. The lowest BCUT2D eigenvalue weighted by molar-refractivity contribution is 0.625. The first kappa shape index (κ1) is 13.7. The van der Waals surface area contributed by atoms with Gasteiger partial charge >= 0.3 is 0 Å². The third-order valence-corrected chi connectivity index (χ3v) is 5.44. The fraction of sp³-hybridized carbons (Fsp3) is 0.438. The third-order valence-electron chi connectivity index (χ3n) is 3.98. The molecule has 2 unspecified atom stereocenters. The summed E-state index contributed by atoms with van der Waals surface area (Å²) in [5.41, 5.74) is 10.4. The number of hydrogen-bond acceptors (Lipinski definition) is 3. The van der Waals surface area contributed by atoms with Crippen molar-refractivity contribution in [2.24, 2.45) is 12.8 Å². The smallest absolute Gasteiger partial charge is 0.0942 e. The third kappa shape index (κ3) is 2.63. The second-order valence-corrected chi connectivity index (χ2v) is 6.78. The molecule has 2 N–H and O–H groups in total. The van der Waals surface area contributed by atoms with Crippen molar-refractivity contribution in [1.29, 1.82) is 0 Å². The quantitative estimate of drug-likeness (QED) is 0.862. The Morgan fingerprint density at radius 1 is 1.35 bits per heavy atom. The van der Waals surface area contributed by atoms with Crippen LogP contribution in [-0.2, 0) is 13.5 Å². The molecule has 3 rings (SSSR count). The highest BCUT2D eigenvalue weighted by Gasteiger charge is 2.26. The molecule has 0 saturated heterocycles. The fourth-order valence-electron chi connectivity index (χ4n) is 2.95. The second kappa shape index (κ2) is 5.62. The van der Waals surface area contributed by atoms with E-state index in [-0.39, 0.29) is 6.04 Å². The molecule has 0 fully saturated rings. The van der Waals surface area contributed by atoms with Crippen LogP contribution in [0.5, 0.6) is 0 Å². The lowest BCUT2D eigenvalue weighted by atomic mass is 10.00. The molecule has 1 heterocycles. The Bertz CT molecular complexity index is 606. The van der Waals surface area contributed by atoms with Crippen molar-refractivity contribution in [2.75, 3.05) is 0 Å². The molecule has 4 heteroatoms. The molecule has 0 radical (unpaired) electrons. The largest absolute Gasteiger partial charge is 0.323 e. The van der Waals surface area contributed by atoms with Crippen molar-refractivity contribution in [3.8, 4) is 0 Å². The molecule has 0 aliphatic heterocycles. The zero-order valence-electron chi connectivity index (χ0n) is 12.0. The molecule has 1 aliphatic carbocycles. The molecule has 1 aliphatic rings. The second-order valence-electron chi connectivity index (χ2n) is 5.52. The Balaban J connectivity index is 1.86. The van der Waals surface area contributed by atoms with Crippen molar-refractivity contribution >= 4 is 11.8 Å². The van der Waals surface area contributed by atoms with Crippen molar-refractivity contribution in [3.63, 3.8) is 0 Å². The first-order chi connectivity index (χ1) is 9.65. The fourth-order valence-corrected chi connectivity index (χ4v) is 4.26. The van der Waals surface area contributed by atoms with E-state index < -0.39 is 0 Å². The van der Waals surface area contributed by atoms with Crippen LogP contribution in [0.4, 0.5) is 0 Å². The molecule has 0 amide bonds. The van der Waals surface area contributed by atoms with Gasteiger partial charge < -0.3 is 5.73 Å². The van der Waals surface area contributed by atoms with Gasteiger partial charge in [-0.3, -0.25) is 4.68 Å². The van der Waals surface area contributed by atoms with Gasteiger partial charge in [-0.15, -0.1) is 11.8 Å². The topological polar surface area (TPSA) is 43.8 Å². The average molecular weight is 287 g/mol. The average Bonchev–Trinajstić information content (AvgIpc) is 2.66. The van der Waals surface area contributed by atoms with Crippen LogP contribution in [-0.4, -0.2) is 15.0 Å². The molecule has 1 aromatic heterocycles. The summed E-state index contributed by atoms with van der Waals surface area (Å²) in [6, 6.07) is 10.9. The van der Waals surface area contributed by atoms with Crippen LogP contribution < -0.4 is 5.73 Å². The van der Waals surface area contributed by atoms with Gasteiger partial charge in [0.05, 0.1) is 10.7 Å². The summed E-state index contributed by atoms with van der Waals surface area (Å²) < 4.78 is 1.96. The standard InChI is InChI=1S/C16H21N3S/c1-11-10-15(19(2)18-11)20-14-9-5-7-12-6-3-4-8-13(12)16(14)17/h3-4,6,8,10,14,16H,5,7,9,17H2,1-2H3. The van der Waals surface area contributed by atoms with Crippen molar-refractivity contribution < 1.29 is 0 Å².